The van der Waals surface area contributed by atoms with Crippen LogP contribution in [0.3, 0.4) is 0 Å². The molecule has 1 aromatic heterocycles. The first kappa shape index (κ1) is 27.9. The Morgan fingerprint density at radius 1 is 0.354 bits per heavy atom. The second kappa shape index (κ2) is 11.8. The second-order valence-electron chi connectivity index (χ2n) is 12.2. The maximum atomic E-state index is 6.66. The first-order valence-corrected chi connectivity index (χ1v) is 16.3. The topological polar surface area (TPSA) is 16.4 Å². The van der Waals surface area contributed by atoms with Gasteiger partial charge in [0.15, 0.2) is 0 Å². The molecule has 0 atom stereocenters. The summed E-state index contributed by atoms with van der Waals surface area (Å²) in [5.74, 6) is 0. The number of furan rings is 1. The lowest BCUT2D eigenvalue weighted by atomic mass is 9.97. The number of rotatable bonds is 6. The van der Waals surface area contributed by atoms with Gasteiger partial charge in [-0.1, -0.05) is 140 Å². The van der Waals surface area contributed by atoms with Crippen molar-refractivity contribution in [3.05, 3.63) is 188 Å². The number of hydrogen-bond acceptors (Lipinski definition) is 2. The van der Waals surface area contributed by atoms with Crippen LogP contribution in [0.25, 0.3) is 66.1 Å². The molecule has 226 valence electrons. The fourth-order valence-electron chi connectivity index (χ4n) is 6.92. The van der Waals surface area contributed by atoms with Crippen LogP contribution in [0.5, 0.6) is 0 Å². The maximum Gasteiger partial charge on any atom is 0.143 e. The molecular weight excluding hydrogens is 583 g/mol. The van der Waals surface area contributed by atoms with Gasteiger partial charge in [0, 0.05) is 22.1 Å². The molecule has 0 aliphatic rings. The van der Waals surface area contributed by atoms with E-state index >= 15 is 0 Å². The van der Waals surface area contributed by atoms with Crippen LogP contribution in [0.1, 0.15) is 0 Å². The Hall–Kier alpha value is -6.38. The van der Waals surface area contributed by atoms with Gasteiger partial charge in [0.25, 0.3) is 0 Å². The maximum absolute atomic E-state index is 6.66. The highest BCUT2D eigenvalue weighted by Crippen LogP contribution is 2.46. The van der Waals surface area contributed by atoms with Crippen molar-refractivity contribution in [3.63, 3.8) is 0 Å². The van der Waals surface area contributed by atoms with Crippen molar-refractivity contribution in [2.75, 3.05) is 4.90 Å². The molecule has 0 unspecified atom stereocenters. The highest BCUT2D eigenvalue weighted by atomic mass is 16.3. The van der Waals surface area contributed by atoms with Crippen LogP contribution >= 0.6 is 0 Å². The van der Waals surface area contributed by atoms with E-state index in [0.717, 1.165) is 55.5 Å². The van der Waals surface area contributed by atoms with E-state index in [2.05, 4.69) is 193 Å². The summed E-state index contributed by atoms with van der Waals surface area (Å²) in [5, 5.41) is 4.49. The average Bonchev–Trinajstić information content (AvgIpc) is 3.56. The van der Waals surface area contributed by atoms with E-state index in [9.17, 15) is 0 Å². The fourth-order valence-corrected chi connectivity index (χ4v) is 6.92. The Labute approximate surface area is 279 Å². The molecule has 0 aliphatic carbocycles. The minimum absolute atomic E-state index is 0.868. The molecule has 0 radical (unpaired) electrons. The number of anilines is 3. The van der Waals surface area contributed by atoms with Crippen molar-refractivity contribution in [2.24, 2.45) is 0 Å². The smallest absolute Gasteiger partial charge is 0.143 e. The Balaban J connectivity index is 1.32. The lowest BCUT2D eigenvalue weighted by molar-refractivity contribution is 0.672. The summed E-state index contributed by atoms with van der Waals surface area (Å²) in [5.41, 5.74) is 12.0. The Morgan fingerprint density at radius 3 is 1.56 bits per heavy atom. The van der Waals surface area contributed by atoms with Crippen LogP contribution in [0.15, 0.2) is 192 Å². The highest BCUT2D eigenvalue weighted by molar-refractivity contribution is 6.19. The van der Waals surface area contributed by atoms with Gasteiger partial charge in [0.1, 0.15) is 11.2 Å². The monoisotopic (exact) mass is 613 g/mol. The second-order valence-corrected chi connectivity index (χ2v) is 12.2. The third kappa shape index (κ3) is 4.92. The molecule has 0 bridgehead atoms. The normalized spacial score (nSPS) is 11.3. The zero-order valence-electron chi connectivity index (χ0n) is 26.3. The number of fused-ring (bicyclic) bond motifs is 5. The van der Waals surface area contributed by atoms with Crippen molar-refractivity contribution >= 4 is 49.8 Å². The Morgan fingerprint density at radius 2 is 0.917 bits per heavy atom. The van der Waals surface area contributed by atoms with Crippen molar-refractivity contribution in [1.29, 1.82) is 0 Å². The molecule has 1 heterocycles. The molecule has 0 spiro atoms. The molecule has 0 fully saturated rings. The van der Waals surface area contributed by atoms with Gasteiger partial charge < -0.3 is 9.32 Å². The van der Waals surface area contributed by atoms with Crippen LogP contribution in [0.2, 0.25) is 0 Å². The molecule has 0 saturated carbocycles. The lowest BCUT2D eigenvalue weighted by Gasteiger charge is -2.28. The zero-order valence-corrected chi connectivity index (χ0v) is 26.3. The minimum atomic E-state index is 0.868. The van der Waals surface area contributed by atoms with Gasteiger partial charge in [0.05, 0.1) is 11.1 Å². The van der Waals surface area contributed by atoms with Gasteiger partial charge >= 0.3 is 0 Å². The summed E-state index contributed by atoms with van der Waals surface area (Å²) in [7, 11) is 0. The van der Waals surface area contributed by atoms with Gasteiger partial charge in [0.2, 0.25) is 0 Å². The van der Waals surface area contributed by atoms with Crippen LogP contribution in [-0.4, -0.2) is 0 Å². The summed E-state index contributed by atoms with van der Waals surface area (Å²) in [6.45, 7) is 0. The van der Waals surface area contributed by atoms with E-state index in [-0.39, 0.29) is 0 Å². The van der Waals surface area contributed by atoms with Crippen LogP contribution in [0.4, 0.5) is 17.1 Å². The number of nitrogens with zero attached hydrogens (tertiary/aromatic N) is 1. The predicted octanol–water partition coefficient (Wildman–Crippen LogP) is 13.2. The fraction of sp³-hybridized carbons (Fsp3) is 0. The number of benzene rings is 8. The van der Waals surface area contributed by atoms with Crippen molar-refractivity contribution < 1.29 is 4.42 Å². The SMILES string of the molecule is c1ccc(-c2ccc(N(c3cc(-c4ccccc4)cc(-c4ccccc4)c3)c3cccc4oc5c6ccccc6ccc5c34)cc2)cc1. The van der Waals surface area contributed by atoms with E-state index in [1.807, 2.05) is 0 Å². The summed E-state index contributed by atoms with van der Waals surface area (Å²) in [6, 6.07) is 66.9. The molecule has 0 N–H and O–H groups in total. The minimum Gasteiger partial charge on any atom is -0.455 e. The molecule has 2 nitrogen and oxygen atoms in total. The van der Waals surface area contributed by atoms with Gasteiger partial charge in [-0.15, -0.1) is 0 Å². The molecule has 9 aromatic rings. The van der Waals surface area contributed by atoms with Crippen LogP contribution in [0, 0.1) is 0 Å². The van der Waals surface area contributed by atoms with Crippen molar-refractivity contribution in [1.82, 2.24) is 0 Å². The largest absolute Gasteiger partial charge is 0.455 e. The van der Waals surface area contributed by atoms with E-state index in [4.69, 9.17) is 4.42 Å². The quantitative estimate of drug-likeness (QED) is 0.185. The Bertz CT molecular complexity index is 2480. The van der Waals surface area contributed by atoms with Gasteiger partial charge in [-0.25, -0.2) is 0 Å². The average molecular weight is 614 g/mol. The molecule has 9 rings (SSSR count). The Kier molecular flexibility index (Phi) is 6.84. The van der Waals surface area contributed by atoms with E-state index < -0.39 is 0 Å². The molecule has 0 amide bonds. The third-order valence-corrected chi connectivity index (χ3v) is 9.23. The lowest BCUT2D eigenvalue weighted by Crippen LogP contribution is -2.10. The van der Waals surface area contributed by atoms with Gasteiger partial charge in [-0.05, 0) is 87.3 Å². The summed E-state index contributed by atoms with van der Waals surface area (Å²) in [4.78, 5) is 2.39. The van der Waals surface area contributed by atoms with Crippen LogP contribution < -0.4 is 4.90 Å². The molecule has 48 heavy (non-hydrogen) atoms. The summed E-state index contributed by atoms with van der Waals surface area (Å²) >= 11 is 0. The molecule has 8 aromatic carbocycles. The third-order valence-electron chi connectivity index (χ3n) is 9.23. The van der Waals surface area contributed by atoms with E-state index in [0.29, 0.717) is 0 Å². The van der Waals surface area contributed by atoms with Crippen molar-refractivity contribution in [2.45, 2.75) is 0 Å². The molecule has 0 saturated heterocycles. The summed E-state index contributed by atoms with van der Waals surface area (Å²) in [6.07, 6.45) is 0. The molecule has 0 aliphatic heterocycles. The first-order chi connectivity index (χ1) is 23.8. The highest BCUT2D eigenvalue weighted by Gasteiger charge is 2.21. The first-order valence-electron chi connectivity index (χ1n) is 16.3. The van der Waals surface area contributed by atoms with Gasteiger partial charge in [-0.3, -0.25) is 0 Å². The summed E-state index contributed by atoms with van der Waals surface area (Å²) < 4.78 is 6.66. The van der Waals surface area contributed by atoms with E-state index in [1.165, 1.54) is 27.6 Å². The predicted molar refractivity (Wildman–Crippen MR) is 202 cm³/mol. The number of hydrogen-bond donors (Lipinski definition) is 0. The molecule has 2 heteroatoms. The van der Waals surface area contributed by atoms with Gasteiger partial charge in [-0.2, -0.15) is 0 Å². The zero-order chi connectivity index (χ0) is 31.9. The van der Waals surface area contributed by atoms with Crippen molar-refractivity contribution in [3.8, 4) is 33.4 Å². The van der Waals surface area contributed by atoms with Crippen LogP contribution in [-0.2, 0) is 0 Å². The van der Waals surface area contributed by atoms with E-state index in [1.54, 1.807) is 0 Å². The standard InChI is InChI=1S/C46H31NO/c1-4-13-32(14-5-1)35-23-26-39(27-24-35)47(40-30-37(33-15-6-2-7-16-33)29-38(31-40)34-17-8-3-9-18-34)43-21-12-22-44-45(43)42-28-25-36-19-10-11-20-41(36)46(42)48-44/h1-31H. The molecular formula is C46H31NO.